The second kappa shape index (κ2) is 10.5. The molecule has 0 atom stereocenters. The maximum Gasteiger partial charge on any atom is 0.313 e. The first-order valence-corrected chi connectivity index (χ1v) is 9.86. The van der Waals surface area contributed by atoms with E-state index in [-0.39, 0.29) is 37.3 Å². The molecule has 4 N–H and O–H groups in total. The fourth-order valence-corrected chi connectivity index (χ4v) is 3.87. The van der Waals surface area contributed by atoms with Crippen LogP contribution in [0.25, 0.3) is 10.8 Å². The Labute approximate surface area is 198 Å². The van der Waals surface area contributed by atoms with Gasteiger partial charge in [-0.3, -0.25) is 15.2 Å². The molecular formula is C23H26Cl2N4O3. The number of carboxylic acid groups (broad SMARTS) is 1. The van der Waals surface area contributed by atoms with Crippen molar-refractivity contribution in [2.24, 2.45) is 11.1 Å². The molecule has 0 amide bonds. The van der Waals surface area contributed by atoms with Crippen LogP contribution in [0.15, 0.2) is 60.9 Å². The molecule has 0 aliphatic carbocycles. The van der Waals surface area contributed by atoms with E-state index in [1.165, 1.54) is 0 Å². The maximum absolute atomic E-state index is 12.1. The summed E-state index contributed by atoms with van der Waals surface area (Å²) in [6.45, 7) is 1.42. The van der Waals surface area contributed by atoms with E-state index >= 15 is 0 Å². The molecule has 0 saturated carbocycles. The van der Waals surface area contributed by atoms with Gasteiger partial charge in [-0.25, -0.2) is 0 Å². The van der Waals surface area contributed by atoms with Gasteiger partial charge in [0.15, 0.2) is 0 Å². The second-order valence-corrected chi connectivity index (χ2v) is 7.70. The Kier molecular flexibility index (Phi) is 8.30. The number of hydrogen-bond acceptors (Lipinski definition) is 5. The number of rotatable bonds is 6. The molecule has 7 nitrogen and oxygen atoms in total. The van der Waals surface area contributed by atoms with E-state index in [4.69, 9.17) is 15.9 Å². The van der Waals surface area contributed by atoms with Gasteiger partial charge in [-0.1, -0.05) is 18.2 Å². The number of anilines is 1. The molecule has 1 aliphatic rings. The van der Waals surface area contributed by atoms with Gasteiger partial charge in [0.1, 0.15) is 23.6 Å². The standard InChI is InChI=1S/C23H24N4O3.2ClH/c24-21(25)17-2-1-16-3-4-20(14-18(16)13-17)30-15-23(22(28)29)7-11-27(12-8-23)19-5-9-26-10-6-19;;/h1-6,9-10,13-14H,7-8,11-12,15H2,(H3,24,25)(H,28,29);2*1H. The minimum Gasteiger partial charge on any atom is -0.492 e. The molecule has 0 bridgehead atoms. The average molecular weight is 477 g/mol. The van der Waals surface area contributed by atoms with E-state index in [0.717, 1.165) is 16.5 Å². The monoisotopic (exact) mass is 476 g/mol. The van der Waals surface area contributed by atoms with Crippen LogP contribution in [0.3, 0.4) is 0 Å². The van der Waals surface area contributed by atoms with Crippen LogP contribution in [0.5, 0.6) is 5.75 Å². The summed E-state index contributed by atoms with van der Waals surface area (Å²) in [7, 11) is 0. The number of amidine groups is 1. The van der Waals surface area contributed by atoms with Gasteiger partial charge in [0.2, 0.25) is 0 Å². The van der Waals surface area contributed by atoms with E-state index in [9.17, 15) is 9.90 Å². The van der Waals surface area contributed by atoms with Gasteiger partial charge < -0.3 is 20.5 Å². The molecule has 3 aromatic rings. The van der Waals surface area contributed by atoms with Crippen LogP contribution in [0.1, 0.15) is 18.4 Å². The Morgan fingerprint density at radius 2 is 1.72 bits per heavy atom. The van der Waals surface area contributed by atoms with Gasteiger partial charge in [0.25, 0.3) is 0 Å². The fraction of sp³-hybridized carbons (Fsp3) is 0.261. The highest BCUT2D eigenvalue weighted by atomic mass is 35.5. The number of nitrogens with two attached hydrogens (primary N) is 1. The normalized spacial score (nSPS) is 14.7. The molecule has 0 unspecified atom stereocenters. The van der Waals surface area contributed by atoms with Crippen molar-refractivity contribution in [3.8, 4) is 5.75 Å². The summed E-state index contributed by atoms with van der Waals surface area (Å²) in [5.74, 6) is -0.203. The van der Waals surface area contributed by atoms with Gasteiger partial charge in [0, 0.05) is 36.7 Å². The topological polar surface area (TPSA) is 113 Å². The lowest BCUT2D eigenvalue weighted by Gasteiger charge is -2.39. The van der Waals surface area contributed by atoms with E-state index in [0.29, 0.717) is 37.2 Å². The first-order valence-electron chi connectivity index (χ1n) is 9.86. The summed E-state index contributed by atoms with van der Waals surface area (Å²) in [4.78, 5) is 18.3. The SMILES string of the molecule is Cl.Cl.N=C(N)c1ccc2ccc(OCC3(C(=O)O)CCN(c4ccncc4)CC3)cc2c1. The van der Waals surface area contributed by atoms with Crippen LogP contribution in [0, 0.1) is 10.8 Å². The number of fused-ring (bicyclic) bond motifs is 1. The van der Waals surface area contributed by atoms with Crippen molar-refractivity contribution in [1.29, 1.82) is 5.41 Å². The second-order valence-electron chi connectivity index (χ2n) is 7.70. The third kappa shape index (κ3) is 5.23. The molecule has 0 spiro atoms. The van der Waals surface area contributed by atoms with Crippen LogP contribution in [0.2, 0.25) is 0 Å². The predicted molar refractivity (Wildman–Crippen MR) is 131 cm³/mol. The summed E-state index contributed by atoms with van der Waals surface area (Å²) in [5, 5.41) is 19.5. The number of nitrogen functional groups attached to an aromatic ring is 1. The number of nitrogens with one attached hydrogen (secondary N) is 1. The Morgan fingerprint density at radius 3 is 2.34 bits per heavy atom. The first-order chi connectivity index (χ1) is 14.5. The van der Waals surface area contributed by atoms with Crippen molar-refractivity contribution in [2.45, 2.75) is 12.8 Å². The van der Waals surface area contributed by atoms with Gasteiger partial charge >= 0.3 is 5.97 Å². The number of aromatic nitrogens is 1. The molecule has 9 heteroatoms. The Hall–Kier alpha value is -3.03. The van der Waals surface area contributed by atoms with Crippen molar-refractivity contribution in [2.75, 3.05) is 24.6 Å². The summed E-state index contributed by atoms with van der Waals surface area (Å²) < 4.78 is 5.97. The number of hydrogen-bond donors (Lipinski definition) is 3. The number of benzene rings is 2. The third-order valence-corrected chi connectivity index (χ3v) is 5.84. The minimum absolute atomic E-state index is 0. The third-order valence-electron chi connectivity index (χ3n) is 5.84. The lowest BCUT2D eigenvalue weighted by Crippen LogP contribution is -2.47. The minimum atomic E-state index is -0.917. The van der Waals surface area contributed by atoms with Crippen LogP contribution < -0.4 is 15.4 Å². The van der Waals surface area contributed by atoms with Gasteiger partial charge in [0.05, 0.1) is 0 Å². The highest BCUT2D eigenvalue weighted by Crippen LogP contribution is 2.35. The lowest BCUT2D eigenvalue weighted by atomic mass is 9.79. The van der Waals surface area contributed by atoms with Gasteiger partial charge in [-0.2, -0.15) is 0 Å². The molecule has 1 aliphatic heterocycles. The van der Waals surface area contributed by atoms with E-state index in [2.05, 4.69) is 9.88 Å². The molecule has 170 valence electrons. The van der Waals surface area contributed by atoms with Crippen LogP contribution in [0.4, 0.5) is 5.69 Å². The molecule has 2 heterocycles. The zero-order valence-corrected chi connectivity index (χ0v) is 19.0. The summed E-state index contributed by atoms with van der Waals surface area (Å²) >= 11 is 0. The van der Waals surface area contributed by atoms with E-state index in [1.54, 1.807) is 18.5 Å². The summed E-state index contributed by atoms with van der Waals surface area (Å²) in [6.07, 6.45) is 4.50. The molecule has 4 rings (SSSR count). The summed E-state index contributed by atoms with van der Waals surface area (Å²) in [5.41, 5.74) is 6.37. The Balaban J connectivity index is 0.00000181. The van der Waals surface area contributed by atoms with Crippen LogP contribution in [-0.2, 0) is 4.79 Å². The molecule has 32 heavy (non-hydrogen) atoms. The lowest BCUT2D eigenvalue weighted by molar-refractivity contribution is -0.152. The quantitative estimate of drug-likeness (QED) is 0.364. The zero-order valence-electron chi connectivity index (χ0n) is 17.4. The van der Waals surface area contributed by atoms with Crippen molar-refractivity contribution < 1.29 is 14.6 Å². The first kappa shape index (κ1) is 25.2. The smallest absolute Gasteiger partial charge is 0.313 e. The van der Waals surface area contributed by atoms with Crippen LogP contribution in [-0.4, -0.2) is 41.6 Å². The predicted octanol–water partition coefficient (Wildman–Crippen LogP) is 4.11. The number of halogens is 2. The number of carbonyl (C=O) groups is 1. The molecular weight excluding hydrogens is 451 g/mol. The van der Waals surface area contributed by atoms with E-state index < -0.39 is 11.4 Å². The molecule has 2 aromatic carbocycles. The Morgan fingerprint density at radius 1 is 1.06 bits per heavy atom. The molecule has 1 saturated heterocycles. The molecule has 1 fully saturated rings. The summed E-state index contributed by atoms with van der Waals surface area (Å²) in [6, 6.07) is 15.1. The highest BCUT2D eigenvalue weighted by Gasteiger charge is 2.42. The van der Waals surface area contributed by atoms with Crippen LogP contribution >= 0.6 is 24.8 Å². The molecule has 1 aromatic heterocycles. The number of pyridine rings is 1. The van der Waals surface area contributed by atoms with Crippen molar-refractivity contribution >= 4 is 53.1 Å². The Bertz CT molecular complexity index is 1090. The van der Waals surface area contributed by atoms with Gasteiger partial charge in [-0.15, -0.1) is 24.8 Å². The highest BCUT2D eigenvalue weighted by molar-refractivity contribution is 5.99. The van der Waals surface area contributed by atoms with Crippen molar-refractivity contribution in [3.05, 3.63) is 66.5 Å². The zero-order chi connectivity index (χ0) is 21.1. The fourth-order valence-electron chi connectivity index (χ4n) is 3.87. The number of ether oxygens (including phenoxy) is 1. The number of aliphatic carboxylic acids is 1. The number of carboxylic acids is 1. The van der Waals surface area contributed by atoms with Gasteiger partial charge in [-0.05, 0) is 53.9 Å². The largest absolute Gasteiger partial charge is 0.492 e. The van der Waals surface area contributed by atoms with Crippen molar-refractivity contribution in [1.82, 2.24) is 4.98 Å². The van der Waals surface area contributed by atoms with Crippen molar-refractivity contribution in [3.63, 3.8) is 0 Å². The average Bonchev–Trinajstić information content (AvgIpc) is 2.78. The molecule has 0 radical (unpaired) electrons. The maximum atomic E-state index is 12.1. The number of nitrogens with zero attached hydrogens (tertiary/aromatic N) is 2. The number of piperidine rings is 1. The van der Waals surface area contributed by atoms with E-state index in [1.807, 2.05) is 42.5 Å².